The molecule has 1 fully saturated rings. The van der Waals surface area contributed by atoms with Crippen molar-refractivity contribution in [3.05, 3.63) is 0 Å². The van der Waals surface area contributed by atoms with Crippen molar-refractivity contribution in [1.82, 2.24) is 0 Å². The number of carbonyl (C=O) groups excluding carboxylic acids is 1. The van der Waals surface area contributed by atoms with Gasteiger partial charge in [0.25, 0.3) is 0 Å². The van der Waals surface area contributed by atoms with Crippen molar-refractivity contribution in [2.24, 2.45) is 29.1 Å². The Bertz CT molecular complexity index is 439. The lowest BCUT2D eigenvalue weighted by Gasteiger charge is -2.38. The van der Waals surface area contributed by atoms with Gasteiger partial charge in [-0.15, -0.1) is 0 Å². The summed E-state index contributed by atoms with van der Waals surface area (Å²) in [4.78, 5) is 25.2. The summed E-state index contributed by atoms with van der Waals surface area (Å²) in [7, 11) is 0. The standard InChI is InChI=1S/C19H34O4/c1-8-10-18(6,7)23-17(22)19(16(20)21)11-9-14(12(2)3)15(19)13(4)5/h12-15H,8-11H2,1-7H3,(H,20,21). The van der Waals surface area contributed by atoms with Crippen LogP contribution in [0.1, 0.15) is 74.1 Å². The quantitative estimate of drug-likeness (QED) is 0.552. The molecular weight excluding hydrogens is 292 g/mol. The number of carboxylic acids is 1. The molecule has 0 heterocycles. The SMILES string of the molecule is CCCC(C)(C)OC(=O)C1(C(=O)O)CCC(C(C)C)C1C(C)C. The van der Waals surface area contributed by atoms with Crippen LogP contribution in [0, 0.1) is 29.1 Å². The third-order valence-corrected chi connectivity index (χ3v) is 5.44. The molecule has 3 unspecified atom stereocenters. The Balaban J connectivity index is 3.21. The van der Waals surface area contributed by atoms with Crippen LogP contribution >= 0.6 is 0 Å². The molecule has 4 nitrogen and oxygen atoms in total. The van der Waals surface area contributed by atoms with Crippen LogP contribution in [0.3, 0.4) is 0 Å². The molecule has 0 spiro atoms. The van der Waals surface area contributed by atoms with Gasteiger partial charge in [-0.05, 0) is 56.8 Å². The van der Waals surface area contributed by atoms with Gasteiger partial charge < -0.3 is 9.84 Å². The molecule has 0 aromatic carbocycles. The summed E-state index contributed by atoms with van der Waals surface area (Å²) in [5, 5.41) is 9.98. The summed E-state index contributed by atoms with van der Waals surface area (Å²) in [6.45, 7) is 14.0. The number of hydrogen-bond donors (Lipinski definition) is 1. The summed E-state index contributed by atoms with van der Waals surface area (Å²) in [5.41, 5.74) is -2.01. The Morgan fingerprint density at radius 2 is 1.78 bits per heavy atom. The van der Waals surface area contributed by atoms with Crippen molar-refractivity contribution in [3.63, 3.8) is 0 Å². The molecule has 0 radical (unpaired) electrons. The van der Waals surface area contributed by atoms with Crippen molar-refractivity contribution in [1.29, 1.82) is 0 Å². The highest BCUT2D eigenvalue weighted by Gasteiger charge is 2.61. The van der Waals surface area contributed by atoms with Gasteiger partial charge in [0.1, 0.15) is 5.60 Å². The Morgan fingerprint density at radius 1 is 1.22 bits per heavy atom. The average molecular weight is 326 g/mol. The molecule has 0 aromatic heterocycles. The lowest BCUT2D eigenvalue weighted by Crippen LogP contribution is -2.49. The summed E-state index contributed by atoms with van der Waals surface area (Å²) < 4.78 is 5.72. The fourth-order valence-electron chi connectivity index (χ4n) is 4.49. The van der Waals surface area contributed by atoms with Gasteiger partial charge in [0.05, 0.1) is 0 Å². The molecule has 1 aliphatic rings. The van der Waals surface area contributed by atoms with Gasteiger partial charge in [0, 0.05) is 0 Å². The second-order valence-electron chi connectivity index (χ2n) is 8.39. The van der Waals surface area contributed by atoms with E-state index in [4.69, 9.17) is 4.74 Å². The minimum absolute atomic E-state index is 0.128. The molecule has 0 saturated heterocycles. The van der Waals surface area contributed by atoms with Crippen LogP contribution in [0.5, 0.6) is 0 Å². The van der Waals surface area contributed by atoms with E-state index in [-0.39, 0.29) is 17.8 Å². The predicted octanol–water partition coefficient (Wildman–Crippen LogP) is 4.52. The van der Waals surface area contributed by atoms with E-state index >= 15 is 0 Å². The second-order valence-corrected chi connectivity index (χ2v) is 8.39. The first-order valence-electron chi connectivity index (χ1n) is 8.96. The van der Waals surface area contributed by atoms with E-state index in [2.05, 4.69) is 13.8 Å². The number of aliphatic carboxylic acids is 1. The Labute approximate surface area is 141 Å². The largest absolute Gasteiger partial charge is 0.480 e. The highest BCUT2D eigenvalue weighted by atomic mass is 16.6. The topological polar surface area (TPSA) is 63.6 Å². The van der Waals surface area contributed by atoms with Crippen LogP contribution in [-0.2, 0) is 14.3 Å². The summed E-state index contributed by atoms with van der Waals surface area (Å²) in [6, 6.07) is 0. The third kappa shape index (κ3) is 3.89. The van der Waals surface area contributed by atoms with E-state index in [1.807, 2.05) is 34.6 Å². The zero-order chi connectivity index (χ0) is 18.0. The molecule has 23 heavy (non-hydrogen) atoms. The monoisotopic (exact) mass is 326 g/mol. The Morgan fingerprint density at radius 3 is 2.17 bits per heavy atom. The first-order valence-corrected chi connectivity index (χ1v) is 8.96. The van der Waals surface area contributed by atoms with Crippen molar-refractivity contribution < 1.29 is 19.4 Å². The summed E-state index contributed by atoms with van der Waals surface area (Å²) in [5.74, 6) is -0.997. The van der Waals surface area contributed by atoms with Gasteiger partial charge in [0.15, 0.2) is 5.41 Å². The molecular formula is C19H34O4. The van der Waals surface area contributed by atoms with Gasteiger partial charge in [0.2, 0.25) is 0 Å². The van der Waals surface area contributed by atoms with Crippen molar-refractivity contribution in [2.45, 2.75) is 79.8 Å². The maximum absolute atomic E-state index is 13.0. The fourth-order valence-corrected chi connectivity index (χ4v) is 4.49. The van der Waals surface area contributed by atoms with Gasteiger partial charge in [-0.1, -0.05) is 41.0 Å². The van der Waals surface area contributed by atoms with Gasteiger partial charge in [-0.25, -0.2) is 0 Å². The van der Waals surface area contributed by atoms with E-state index < -0.39 is 23.0 Å². The summed E-state index contributed by atoms with van der Waals surface area (Å²) >= 11 is 0. The number of carboxylic acid groups (broad SMARTS) is 1. The number of rotatable bonds is 7. The van der Waals surface area contributed by atoms with E-state index in [1.165, 1.54) is 0 Å². The van der Waals surface area contributed by atoms with Crippen molar-refractivity contribution in [2.75, 3.05) is 0 Å². The third-order valence-electron chi connectivity index (χ3n) is 5.44. The molecule has 134 valence electrons. The van der Waals surface area contributed by atoms with E-state index in [0.29, 0.717) is 12.3 Å². The molecule has 1 saturated carbocycles. The number of carbonyl (C=O) groups is 2. The highest BCUT2D eigenvalue weighted by Crippen LogP contribution is 2.54. The zero-order valence-corrected chi connectivity index (χ0v) is 15.8. The lowest BCUT2D eigenvalue weighted by atomic mass is 9.67. The normalized spacial score (nSPS) is 28.4. The minimum atomic E-state index is -1.39. The smallest absolute Gasteiger partial charge is 0.324 e. The fraction of sp³-hybridized carbons (Fsp3) is 0.895. The maximum Gasteiger partial charge on any atom is 0.324 e. The molecule has 1 aliphatic carbocycles. The van der Waals surface area contributed by atoms with Gasteiger partial charge >= 0.3 is 11.9 Å². The predicted molar refractivity (Wildman–Crippen MR) is 91.0 cm³/mol. The van der Waals surface area contributed by atoms with Gasteiger partial charge in [-0.3, -0.25) is 9.59 Å². The number of hydrogen-bond acceptors (Lipinski definition) is 3. The van der Waals surface area contributed by atoms with Crippen LogP contribution in [0.4, 0.5) is 0 Å². The second kappa shape index (κ2) is 7.23. The minimum Gasteiger partial charge on any atom is -0.480 e. The zero-order valence-electron chi connectivity index (χ0n) is 15.8. The molecule has 0 amide bonds. The van der Waals surface area contributed by atoms with Crippen LogP contribution in [0.2, 0.25) is 0 Å². The molecule has 4 heteroatoms. The van der Waals surface area contributed by atoms with E-state index in [0.717, 1.165) is 19.3 Å². The highest BCUT2D eigenvalue weighted by molar-refractivity contribution is 6.00. The molecule has 0 aliphatic heterocycles. The van der Waals surface area contributed by atoms with Crippen molar-refractivity contribution in [3.8, 4) is 0 Å². The van der Waals surface area contributed by atoms with Crippen LogP contribution in [0.15, 0.2) is 0 Å². The molecule has 1 N–H and O–H groups in total. The van der Waals surface area contributed by atoms with Crippen LogP contribution < -0.4 is 0 Å². The lowest BCUT2D eigenvalue weighted by molar-refractivity contribution is -0.183. The maximum atomic E-state index is 13.0. The first-order chi connectivity index (χ1) is 10.5. The van der Waals surface area contributed by atoms with Crippen LogP contribution in [-0.4, -0.2) is 22.6 Å². The number of esters is 1. The van der Waals surface area contributed by atoms with E-state index in [9.17, 15) is 14.7 Å². The number of ether oxygens (including phenoxy) is 1. The Kier molecular flexibility index (Phi) is 6.28. The van der Waals surface area contributed by atoms with E-state index in [1.54, 1.807) is 0 Å². The van der Waals surface area contributed by atoms with Crippen LogP contribution in [0.25, 0.3) is 0 Å². The average Bonchev–Trinajstić information content (AvgIpc) is 2.79. The van der Waals surface area contributed by atoms with Crippen molar-refractivity contribution >= 4 is 11.9 Å². The molecule has 1 rings (SSSR count). The molecule has 0 bridgehead atoms. The molecule has 3 atom stereocenters. The Hall–Kier alpha value is -1.06. The first kappa shape index (κ1) is 20.0. The molecule has 0 aromatic rings. The summed E-state index contributed by atoms with van der Waals surface area (Å²) in [6.07, 6.45) is 2.78. The van der Waals surface area contributed by atoms with Gasteiger partial charge in [-0.2, -0.15) is 0 Å².